The van der Waals surface area contributed by atoms with Crippen LogP contribution >= 0.6 is 11.8 Å². The smallest absolute Gasteiger partial charge is 0.404 e. The van der Waals surface area contributed by atoms with Crippen LogP contribution in [0, 0.1) is 19.3 Å². The van der Waals surface area contributed by atoms with Crippen molar-refractivity contribution < 1.29 is 9.90 Å². The Morgan fingerprint density at radius 3 is 2.45 bits per heavy atom. The Labute approximate surface area is 187 Å². The maximum atomic E-state index is 11.3. The van der Waals surface area contributed by atoms with Crippen LogP contribution in [0.15, 0.2) is 35.7 Å². The summed E-state index contributed by atoms with van der Waals surface area (Å²) in [5, 5.41) is 19.4. The lowest BCUT2D eigenvalue weighted by Gasteiger charge is -2.25. The highest BCUT2D eigenvalue weighted by atomic mass is 32.2. The van der Waals surface area contributed by atoms with E-state index in [4.69, 9.17) is 4.98 Å². The normalized spacial score (nSPS) is 11.5. The number of hydrogen-bond donors (Lipinski definition) is 3. The molecular weight excluding hydrogens is 410 g/mol. The fourth-order valence-electron chi connectivity index (χ4n) is 3.50. The van der Waals surface area contributed by atoms with Crippen molar-refractivity contribution in [2.75, 3.05) is 0 Å². The molecule has 7 nitrogen and oxygen atoms in total. The maximum absolute atomic E-state index is 11.3. The molecule has 2 heterocycles. The van der Waals surface area contributed by atoms with Crippen molar-refractivity contribution in [2.24, 2.45) is 5.41 Å². The first kappa shape index (κ1) is 22.8. The van der Waals surface area contributed by atoms with Gasteiger partial charge >= 0.3 is 6.09 Å². The Balaban J connectivity index is 2.18. The third-order valence-electron chi connectivity index (χ3n) is 4.89. The molecule has 3 N–H and O–H groups in total. The summed E-state index contributed by atoms with van der Waals surface area (Å²) in [5.41, 5.74) is 7.17. The van der Waals surface area contributed by atoms with Crippen LogP contribution in [-0.2, 0) is 18.7 Å². The first-order valence-corrected chi connectivity index (χ1v) is 11.2. The number of aromatic nitrogens is 4. The summed E-state index contributed by atoms with van der Waals surface area (Å²) in [6.07, 6.45) is 1.19. The number of nitrogens with zero attached hydrogens (tertiary/aromatic N) is 3. The van der Waals surface area contributed by atoms with Crippen LogP contribution < -0.4 is 5.32 Å². The minimum atomic E-state index is -1.05. The number of rotatable bonds is 7. The van der Waals surface area contributed by atoms with Gasteiger partial charge in [0, 0.05) is 29.2 Å². The fraction of sp³-hybridized carbons (Fsp3) is 0.391. The van der Waals surface area contributed by atoms with E-state index >= 15 is 0 Å². The zero-order valence-corrected chi connectivity index (χ0v) is 19.4. The van der Waals surface area contributed by atoms with Gasteiger partial charge in [0.1, 0.15) is 6.33 Å². The molecular formula is C23H29N5O2S. The number of thioether (sulfide) groups is 1. The molecule has 1 aromatic carbocycles. The van der Waals surface area contributed by atoms with Crippen molar-refractivity contribution in [1.82, 2.24) is 25.5 Å². The molecule has 0 aliphatic heterocycles. The first-order valence-electron chi connectivity index (χ1n) is 10.2. The molecule has 0 aliphatic rings. The monoisotopic (exact) mass is 439 g/mol. The molecule has 0 aliphatic carbocycles. The van der Waals surface area contributed by atoms with Gasteiger partial charge < -0.3 is 10.4 Å². The van der Waals surface area contributed by atoms with E-state index in [0.717, 1.165) is 45.2 Å². The molecule has 0 atom stereocenters. The van der Waals surface area contributed by atoms with Crippen LogP contribution in [0.5, 0.6) is 0 Å². The highest BCUT2D eigenvalue weighted by molar-refractivity contribution is 7.98. The summed E-state index contributed by atoms with van der Waals surface area (Å²) in [6, 6.07) is 8.35. The average molecular weight is 440 g/mol. The quantitative estimate of drug-likeness (QED) is 0.441. The Kier molecular flexibility index (Phi) is 7.00. The van der Waals surface area contributed by atoms with Crippen LogP contribution in [0.2, 0.25) is 0 Å². The van der Waals surface area contributed by atoms with Gasteiger partial charge in [-0.25, -0.2) is 9.78 Å². The highest BCUT2D eigenvalue weighted by Crippen LogP contribution is 2.36. The second kappa shape index (κ2) is 9.51. The number of aromatic amines is 1. The van der Waals surface area contributed by atoms with Gasteiger partial charge in [0.2, 0.25) is 0 Å². The van der Waals surface area contributed by atoms with E-state index < -0.39 is 6.09 Å². The molecule has 0 unspecified atom stereocenters. The summed E-state index contributed by atoms with van der Waals surface area (Å²) in [5.74, 6) is 0.646. The maximum Gasteiger partial charge on any atom is 0.404 e. The van der Waals surface area contributed by atoms with Crippen LogP contribution in [0.4, 0.5) is 4.79 Å². The summed E-state index contributed by atoms with van der Waals surface area (Å²) in [4.78, 5) is 20.5. The van der Waals surface area contributed by atoms with Crippen LogP contribution in [0.1, 0.15) is 48.8 Å². The molecule has 0 fully saturated rings. The summed E-state index contributed by atoms with van der Waals surface area (Å²) < 4.78 is 0. The molecule has 0 spiro atoms. The van der Waals surface area contributed by atoms with Crippen molar-refractivity contribution in [3.8, 4) is 11.1 Å². The molecule has 3 aromatic rings. The minimum absolute atomic E-state index is 0.0120. The fourth-order valence-corrected chi connectivity index (χ4v) is 4.37. The number of hydrogen-bond acceptors (Lipinski definition) is 5. The Bertz CT molecular complexity index is 1040. The van der Waals surface area contributed by atoms with Gasteiger partial charge in [-0.1, -0.05) is 62.4 Å². The molecule has 0 saturated heterocycles. The Morgan fingerprint density at radius 2 is 1.87 bits per heavy atom. The van der Waals surface area contributed by atoms with Gasteiger partial charge in [0.05, 0.1) is 0 Å². The summed E-state index contributed by atoms with van der Waals surface area (Å²) in [7, 11) is 0. The highest BCUT2D eigenvalue weighted by Gasteiger charge is 2.23. The van der Waals surface area contributed by atoms with Crippen molar-refractivity contribution in [2.45, 2.75) is 58.5 Å². The lowest BCUT2D eigenvalue weighted by Crippen LogP contribution is -2.24. The van der Waals surface area contributed by atoms with E-state index in [2.05, 4.69) is 72.5 Å². The van der Waals surface area contributed by atoms with Gasteiger partial charge in [-0.05, 0) is 42.4 Å². The average Bonchev–Trinajstić information content (AvgIpc) is 3.19. The third-order valence-corrected chi connectivity index (χ3v) is 5.79. The lowest BCUT2D eigenvalue weighted by atomic mass is 9.85. The second-order valence-electron chi connectivity index (χ2n) is 8.82. The number of aryl methyl sites for hydroxylation is 2. The Morgan fingerprint density at radius 1 is 1.16 bits per heavy atom. The van der Waals surface area contributed by atoms with Crippen molar-refractivity contribution in [3.63, 3.8) is 0 Å². The summed E-state index contributed by atoms with van der Waals surface area (Å²) >= 11 is 1.55. The van der Waals surface area contributed by atoms with E-state index in [1.54, 1.807) is 11.8 Å². The van der Waals surface area contributed by atoms with E-state index in [-0.39, 0.29) is 12.0 Å². The van der Waals surface area contributed by atoms with E-state index in [9.17, 15) is 9.90 Å². The number of H-pyrrole nitrogens is 1. The molecule has 0 radical (unpaired) electrons. The molecule has 3 rings (SSSR count). The summed E-state index contributed by atoms with van der Waals surface area (Å²) in [6.45, 7) is 10.8. The third kappa shape index (κ3) is 6.07. The standard InChI is InChI=1S/C23H29N5O2S/c1-14-6-8-16(9-7-14)20-17(11-24-22(29)30)19(10-23(3,4)5)27-15(2)18(20)12-31-21-25-13-26-28-21/h6-9,13,24H,10-12H2,1-5H3,(H,29,30)(H,25,26,28). The van der Waals surface area contributed by atoms with Crippen LogP contribution in [-0.4, -0.2) is 31.4 Å². The number of amides is 1. The molecule has 0 bridgehead atoms. The Hall–Kier alpha value is -2.87. The van der Waals surface area contributed by atoms with E-state index in [0.29, 0.717) is 5.75 Å². The number of carbonyl (C=O) groups is 1. The predicted molar refractivity (Wildman–Crippen MR) is 123 cm³/mol. The van der Waals surface area contributed by atoms with Gasteiger partial charge in [0.25, 0.3) is 0 Å². The molecule has 164 valence electrons. The number of nitrogens with one attached hydrogen (secondary N) is 2. The number of carboxylic acid groups (broad SMARTS) is 1. The zero-order valence-electron chi connectivity index (χ0n) is 18.6. The lowest BCUT2D eigenvalue weighted by molar-refractivity contribution is 0.194. The van der Waals surface area contributed by atoms with Crippen LogP contribution in [0.3, 0.4) is 0 Å². The van der Waals surface area contributed by atoms with Gasteiger partial charge in [-0.2, -0.15) is 5.10 Å². The minimum Gasteiger partial charge on any atom is -0.465 e. The molecule has 1 amide bonds. The second-order valence-corrected chi connectivity index (χ2v) is 9.78. The van der Waals surface area contributed by atoms with E-state index in [1.165, 1.54) is 11.9 Å². The number of pyridine rings is 1. The predicted octanol–water partition coefficient (Wildman–Crippen LogP) is 5.13. The topological polar surface area (TPSA) is 104 Å². The zero-order chi connectivity index (χ0) is 22.6. The van der Waals surface area contributed by atoms with Gasteiger partial charge in [0.15, 0.2) is 5.16 Å². The van der Waals surface area contributed by atoms with Crippen molar-refractivity contribution >= 4 is 17.9 Å². The largest absolute Gasteiger partial charge is 0.465 e. The van der Waals surface area contributed by atoms with Gasteiger partial charge in [-0.3, -0.25) is 10.1 Å². The molecule has 0 saturated carbocycles. The molecule has 2 aromatic heterocycles. The van der Waals surface area contributed by atoms with Crippen molar-refractivity contribution in [3.05, 3.63) is 58.7 Å². The van der Waals surface area contributed by atoms with Crippen LogP contribution in [0.25, 0.3) is 11.1 Å². The first-order chi connectivity index (χ1) is 14.6. The van der Waals surface area contributed by atoms with Crippen molar-refractivity contribution in [1.29, 1.82) is 0 Å². The van der Waals surface area contributed by atoms with Gasteiger partial charge in [-0.15, -0.1) is 0 Å². The molecule has 31 heavy (non-hydrogen) atoms. The SMILES string of the molecule is Cc1ccc(-c2c(CSc3ncn[nH]3)c(C)nc(CC(C)(C)C)c2CNC(=O)O)cc1. The molecule has 8 heteroatoms. The van der Waals surface area contributed by atoms with E-state index in [1.807, 2.05) is 6.92 Å². The number of benzene rings is 1.